The number of aryl methyl sites for hydroxylation is 1. The van der Waals surface area contributed by atoms with Crippen molar-refractivity contribution in [2.45, 2.75) is 6.92 Å². The second-order valence-electron chi connectivity index (χ2n) is 3.06. The first kappa shape index (κ1) is 9.92. The van der Waals surface area contributed by atoms with E-state index < -0.39 is 5.97 Å². The van der Waals surface area contributed by atoms with Crippen molar-refractivity contribution < 1.29 is 14.6 Å². The SMILES string of the molecule is COc1cc2nc(C)sc2cc1C(=O)O. The molecule has 1 aromatic carbocycles. The van der Waals surface area contributed by atoms with E-state index in [2.05, 4.69) is 4.98 Å². The molecular weight excluding hydrogens is 214 g/mol. The number of hydrogen-bond donors (Lipinski definition) is 1. The Morgan fingerprint density at radius 2 is 2.27 bits per heavy atom. The van der Waals surface area contributed by atoms with Crippen LogP contribution in [0.4, 0.5) is 0 Å². The third kappa shape index (κ3) is 1.66. The second kappa shape index (κ2) is 3.51. The van der Waals surface area contributed by atoms with Crippen LogP contribution in [-0.4, -0.2) is 23.2 Å². The summed E-state index contributed by atoms with van der Waals surface area (Å²) in [6, 6.07) is 3.25. The molecule has 5 heteroatoms. The highest BCUT2D eigenvalue weighted by molar-refractivity contribution is 7.18. The smallest absolute Gasteiger partial charge is 0.339 e. The van der Waals surface area contributed by atoms with Gasteiger partial charge in [0, 0.05) is 6.07 Å². The fraction of sp³-hybridized carbons (Fsp3) is 0.200. The van der Waals surface area contributed by atoms with Crippen LogP contribution in [-0.2, 0) is 0 Å². The largest absolute Gasteiger partial charge is 0.496 e. The minimum Gasteiger partial charge on any atom is -0.496 e. The van der Waals surface area contributed by atoms with Crippen LogP contribution in [0.5, 0.6) is 5.75 Å². The van der Waals surface area contributed by atoms with Crippen molar-refractivity contribution in [1.29, 1.82) is 0 Å². The van der Waals surface area contributed by atoms with Gasteiger partial charge in [-0.25, -0.2) is 9.78 Å². The van der Waals surface area contributed by atoms with Gasteiger partial charge in [0.1, 0.15) is 11.3 Å². The molecule has 0 saturated heterocycles. The summed E-state index contributed by atoms with van der Waals surface area (Å²) in [5.41, 5.74) is 0.952. The summed E-state index contributed by atoms with van der Waals surface area (Å²) < 4.78 is 5.87. The van der Waals surface area contributed by atoms with E-state index in [1.807, 2.05) is 6.92 Å². The van der Waals surface area contributed by atoms with E-state index in [4.69, 9.17) is 9.84 Å². The molecule has 0 amide bonds. The summed E-state index contributed by atoms with van der Waals surface area (Å²) in [5, 5.41) is 9.88. The fourth-order valence-corrected chi connectivity index (χ4v) is 2.25. The zero-order valence-corrected chi connectivity index (χ0v) is 9.09. The number of aromatic carboxylic acids is 1. The van der Waals surface area contributed by atoms with E-state index in [1.165, 1.54) is 18.4 Å². The number of carbonyl (C=O) groups is 1. The average molecular weight is 223 g/mol. The van der Waals surface area contributed by atoms with Crippen LogP contribution in [0.1, 0.15) is 15.4 Å². The molecule has 0 aliphatic heterocycles. The van der Waals surface area contributed by atoms with Crippen molar-refractivity contribution in [2.75, 3.05) is 7.11 Å². The first-order valence-corrected chi connectivity index (χ1v) is 5.12. The lowest BCUT2D eigenvalue weighted by Gasteiger charge is -2.03. The Bertz CT molecular complexity index is 533. The predicted octanol–water partition coefficient (Wildman–Crippen LogP) is 2.31. The van der Waals surface area contributed by atoms with E-state index in [9.17, 15) is 4.79 Å². The molecule has 0 saturated carbocycles. The Hall–Kier alpha value is -1.62. The van der Waals surface area contributed by atoms with Gasteiger partial charge < -0.3 is 9.84 Å². The van der Waals surface area contributed by atoms with E-state index in [-0.39, 0.29) is 5.56 Å². The molecule has 1 aromatic heterocycles. The van der Waals surface area contributed by atoms with Gasteiger partial charge in [-0.1, -0.05) is 0 Å². The Kier molecular flexibility index (Phi) is 2.32. The molecule has 15 heavy (non-hydrogen) atoms. The topological polar surface area (TPSA) is 59.4 Å². The van der Waals surface area contributed by atoms with Gasteiger partial charge in [-0.05, 0) is 13.0 Å². The van der Waals surface area contributed by atoms with Crippen molar-refractivity contribution in [3.05, 3.63) is 22.7 Å². The fourth-order valence-electron chi connectivity index (χ4n) is 1.41. The minimum atomic E-state index is -0.986. The van der Waals surface area contributed by atoms with Crippen LogP contribution in [0.2, 0.25) is 0 Å². The molecule has 78 valence electrons. The number of nitrogens with zero attached hydrogens (tertiary/aromatic N) is 1. The van der Waals surface area contributed by atoms with Gasteiger partial charge in [0.15, 0.2) is 0 Å². The normalized spacial score (nSPS) is 10.5. The molecule has 1 N–H and O–H groups in total. The summed E-state index contributed by atoms with van der Waals surface area (Å²) in [7, 11) is 1.45. The number of carboxylic acid groups (broad SMARTS) is 1. The van der Waals surface area contributed by atoms with Crippen LogP contribution in [0.25, 0.3) is 10.2 Å². The quantitative estimate of drug-likeness (QED) is 0.848. The number of ether oxygens (including phenoxy) is 1. The number of thiazole rings is 1. The highest BCUT2D eigenvalue weighted by Crippen LogP contribution is 2.29. The van der Waals surface area contributed by atoms with E-state index >= 15 is 0 Å². The first-order valence-electron chi connectivity index (χ1n) is 4.30. The lowest BCUT2D eigenvalue weighted by atomic mass is 10.2. The van der Waals surface area contributed by atoms with Gasteiger partial charge in [0.05, 0.1) is 22.3 Å². The Morgan fingerprint density at radius 3 is 2.87 bits per heavy atom. The maximum absolute atomic E-state index is 10.9. The van der Waals surface area contributed by atoms with E-state index in [0.29, 0.717) is 5.75 Å². The lowest BCUT2D eigenvalue weighted by molar-refractivity contribution is 0.0693. The molecule has 1 heterocycles. The van der Waals surface area contributed by atoms with Crippen molar-refractivity contribution in [2.24, 2.45) is 0 Å². The Morgan fingerprint density at radius 1 is 1.53 bits per heavy atom. The van der Waals surface area contributed by atoms with Crippen molar-refractivity contribution in [3.8, 4) is 5.75 Å². The zero-order valence-electron chi connectivity index (χ0n) is 8.27. The van der Waals surface area contributed by atoms with Gasteiger partial charge in [-0.2, -0.15) is 0 Å². The third-order valence-electron chi connectivity index (χ3n) is 2.05. The standard InChI is InChI=1S/C10H9NO3S/c1-5-11-7-4-8(14-2)6(10(12)13)3-9(7)15-5/h3-4H,1-2H3,(H,12,13). The highest BCUT2D eigenvalue weighted by atomic mass is 32.1. The average Bonchev–Trinajstić information content (AvgIpc) is 2.54. The molecule has 0 fully saturated rings. The summed E-state index contributed by atoms with van der Waals surface area (Å²) in [5.74, 6) is -0.639. The number of fused-ring (bicyclic) bond motifs is 1. The number of rotatable bonds is 2. The second-order valence-corrected chi connectivity index (χ2v) is 4.29. The van der Waals surface area contributed by atoms with Gasteiger partial charge in [-0.3, -0.25) is 0 Å². The number of hydrogen-bond acceptors (Lipinski definition) is 4. The maximum Gasteiger partial charge on any atom is 0.339 e. The van der Waals surface area contributed by atoms with Crippen LogP contribution in [0, 0.1) is 6.92 Å². The molecule has 0 radical (unpaired) electrons. The van der Waals surface area contributed by atoms with Crippen LogP contribution in [0.3, 0.4) is 0 Å². The monoisotopic (exact) mass is 223 g/mol. The van der Waals surface area contributed by atoms with Crippen molar-refractivity contribution in [1.82, 2.24) is 4.98 Å². The molecule has 0 bridgehead atoms. The summed E-state index contributed by atoms with van der Waals surface area (Å²) in [4.78, 5) is 15.2. The van der Waals surface area contributed by atoms with Gasteiger partial charge in [0.2, 0.25) is 0 Å². The van der Waals surface area contributed by atoms with Crippen LogP contribution >= 0.6 is 11.3 Å². The molecular formula is C10H9NO3S. The van der Waals surface area contributed by atoms with Gasteiger partial charge >= 0.3 is 5.97 Å². The summed E-state index contributed by atoms with van der Waals surface area (Å²) in [6.45, 7) is 1.89. The lowest BCUT2D eigenvalue weighted by Crippen LogP contribution is -1.99. The van der Waals surface area contributed by atoms with Crippen molar-refractivity contribution in [3.63, 3.8) is 0 Å². The van der Waals surface area contributed by atoms with Crippen LogP contribution < -0.4 is 4.74 Å². The number of methoxy groups -OCH3 is 1. The Labute approximate surface area is 90.1 Å². The molecule has 0 unspecified atom stereocenters. The molecule has 0 aliphatic rings. The summed E-state index contributed by atoms with van der Waals surface area (Å²) in [6.07, 6.45) is 0. The molecule has 0 aliphatic carbocycles. The highest BCUT2D eigenvalue weighted by Gasteiger charge is 2.13. The zero-order chi connectivity index (χ0) is 11.0. The molecule has 0 atom stereocenters. The number of carboxylic acids is 1. The third-order valence-corrected chi connectivity index (χ3v) is 2.98. The maximum atomic E-state index is 10.9. The molecule has 2 rings (SSSR count). The predicted molar refractivity (Wildman–Crippen MR) is 57.9 cm³/mol. The number of aromatic nitrogens is 1. The first-order chi connectivity index (χ1) is 7.11. The van der Waals surface area contributed by atoms with Crippen molar-refractivity contribution >= 4 is 27.5 Å². The number of benzene rings is 1. The van der Waals surface area contributed by atoms with Gasteiger partial charge in [-0.15, -0.1) is 11.3 Å². The van der Waals surface area contributed by atoms with E-state index in [1.54, 1.807) is 12.1 Å². The van der Waals surface area contributed by atoms with E-state index in [0.717, 1.165) is 15.2 Å². The summed E-state index contributed by atoms with van der Waals surface area (Å²) >= 11 is 1.47. The molecule has 0 spiro atoms. The molecule has 4 nitrogen and oxygen atoms in total. The minimum absolute atomic E-state index is 0.175. The van der Waals surface area contributed by atoms with Gasteiger partial charge in [0.25, 0.3) is 0 Å². The Balaban J connectivity index is 2.73. The molecule has 2 aromatic rings. The van der Waals surface area contributed by atoms with Crippen LogP contribution in [0.15, 0.2) is 12.1 Å².